The van der Waals surface area contributed by atoms with Crippen LogP contribution in [0.1, 0.15) is 49.4 Å². The molecule has 0 spiro atoms. The van der Waals surface area contributed by atoms with Gasteiger partial charge in [-0.1, -0.05) is 25.3 Å². The lowest BCUT2D eigenvalue weighted by atomic mass is 9.83. The number of esters is 1. The molecule has 0 saturated heterocycles. The van der Waals surface area contributed by atoms with Gasteiger partial charge in [-0.3, -0.25) is 0 Å². The molecule has 3 N–H and O–H groups in total. The highest BCUT2D eigenvalue weighted by Crippen LogP contribution is 2.34. The molecule has 4 heteroatoms. The van der Waals surface area contributed by atoms with Gasteiger partial charge in [0.05, 0.1) is 24.0 Å². The Morgan fingerprint density at radius 3 is 2.63 bits per heavy atom. The normalized spacial score (nSPS) is 17.8. The van der Waals surface area contributed by atoms with Crippen molar-refractivity contribution in [2.45, 2.75) is 44.6 Å². The summed E-state index contributed by atoms with van der Waals surface area (Å²) in [6, 6.07) is 5.44. The Hall–Kier alpha value is -1.71. The molecule has 0 unspecified atom stereocenters. The summed E-state index contributed by atoms with van der Waals surface area (Å²) in [4.78, 5) is 11.6. The Labute approximate surface area is 114 Å². The molecule has 19 heavy (non-hydrogen) atoms. The number of para-hydroxylation sites is 1. The van der Waals surface area contributed by atoms with Crippen LogP contribution in [-0.2, 0) is 4.74 Å². The first-order valence-corrected chi connectivity index (χ1v) is 6.81. The van der Waals surface area contributed by atoms with Crippen LogP contribution in [0.4, 0.5) is 11.4 Å². The molecule has 1 aromatic carbocycles. The number of nitrogens with two attached hydrogens (primary N) is 1. The highest BCUT2D eigenvalue weighted by Gasteiger charge is 2.27. The van der Waals surface area contributed by atoms with Crippen molar-refractivity contribution in [3.05, 3.63) is 23.8 Å². The molecule has 4 nitrogen and oxygen atoms in total. The van der Waals surface area contributed by atoms with Crippen molar-refractivity contribution >= 4 is 17.3 Å². The summed E-state index contributed by atoms with van der Waals surface area (Å²) in [6.45, 7) is 2.22. The Morgan fingerprint density at radius 1 is 1.32 bits per heavy atom. The van der Waals surface area contributed by atoms with E-state index in [9.17, 15) is 4.79 Å². The zero-order valence-electron chi connectivity index (χ0n) is 11.7. The van der Waals surface area contributed by atoms with Crippen molar-refractivity contribution < 1.29 is 9.53 Å². The number of rotatable bonds is 3. The van der Waals surface area contributed by atoms with E-state index in [0.29, 0.717) is 11.3 Å². The average Bonchev–Trinajstić information content (AvgIpc) is 2.41. The van der Waals surface area contributed by atoms with E-state index in [1.807, 2.05) is 12.1 Å². The Bertz CT molecular complexity index is 465. The van der Waals surface area contributed by atoms with Gasteiger partial charge in [-0.2, -0.15) is 0 Å². The fourth-order valence-electron chi connectivity index (χ4n) is 2.74. The zero-order valence-corrected chi connectivity index (χ0v) is 11.7. The topological polar surface area (TPSA) is 64.3 Å². The lowest BCUT2D eigenvalue weighted by molar-refractivity contribution is 0.0602. The number of hydrogen-bond acceptors (Lipinski definition) is 4. The number of benzene rings is 1. The quantitative estimate of drug-likeness (QED) is 0.648. The van der Waals surface area contributed by atoms with Crippen LogP contribution in [0.2, 0.25) is 0 Å². The van der Waals surface area contributed by atoms with Gasteiger partial charge in [0, 0.05) is 5.54 Å². The van der Waals surface area contributed by atoms with Crippen LogP contribution in [0.5, 0.6) is 0 Å². The molecule has 0 aliphatic heterocycles. The standard InChI is InChI=1S/C15H22N2O2/c1-15(9-4-3-5-10-15)17-12-8-6-7-11(13(12)16)14(18)19-2/h6-8,17H,3-5,9-10,16H2,1-2H3. The summed E-state index contributed by atoms with van der Waals surface area (Å²) in [5, 5.41) is 3.51. The van der Waals surface area contributed by atoms with Gasteiger partial charge in [-0.05, 0) is 31.9 Å². The Morgan fingerprint density at radius 2 is 2.00 bits per heavy atom. The number of hydrogen-bond donors (Lipinski definition) is 2. The zero-order chi connectivity index (χ0) is 13.9. The van der Waals surface area contributed by atoms with E-state index in [-0.39, 0.29) is 5.54 Å². The number of methoxy groups -OCH3 is 1. The molecule has 0 atom stereocenters. The van der Waals surface area contributed by atoms with Crippen molar-refractivity contribution in [1.82, 2.24) is 0 Å². The van der Waals surface area contributed by atoms with Gasteiger partial charge in [-0.15, -0.1) is 0 Å². The summed E-state index contributed by atoms with van der Waals surface area (Å²) < 4.78 is 4.74. The van der Waals surface area contributed by atoms with Gasteiger partial charge in [-0.25, -0.2) is 4.79 Å². The Kier molecular flexibility index (Phi) is 3.98. The molecule has 104 valence electrons. The van der Waals surface area contributed by atoms with Crippen LogP contribution in [0.3, 0.4) is 0 Å². The highest BCUT2D eigenvalue weighted by atomic mass is 16.5. The SMILES string of the molecule is COC(=O)c1cccc(NC2(C)CCCCC2)c1N. The minimum Gasteiger partial charge on any atom is -0.465 e. The van der Waals surface area contributed by atoms with E-state index in [0.717, 1.165) is 18.5 Å². The van der Waals surface area contributed by atoms with Crippen molar-refractivity contribution in [3.63, 3.8) is 0 Å². The summed E-state index contributed by atoms with van der Waals surface area (Å²) in [6.07, 6.45) is 6.04. The van der Waals surface area contributed by atoms with Gasteiger partial charge in [0.1, 0.15) is 0 Å². The van der Waals surface area contributed by atoms with Crippen molar-refractivity contribution in [3.8, 4) is 0 Å². The van der Waals surface area contributed by atoms with E-state index in [1.165, 1.54) is 26.4 Å². The molecule has 0 bridgehead atoms. The van der Waals surface area contributed by atoms with Crippen LogP contribution in [0, 0.1) is 0 Å². The number of nitrogens with one attached hydrogen (secondary N) is 1. The van der Waals surface area contributed by atoms with E-state index >= 15 is 0 Å². The predicted octanol–water partition coefficient (Wildman–Crippen LogP) is 3.19. The van der Waals surface area contributed by atoms with Gasteiger partial charge < -0.3 is 15.8 Å². The van der Waals surface area contributed by atoms with Gasteiger partial charge in [0.2, 0.25) is 0 Å². The number of carbonyl (C=O) groups excluding carboxylic acids is 1. The van der Waals surface area contributed by atoms with Gasteiger partial charge >= 0.3 is 5.97 Å². The molecule has 1 fully saturated rings. The third kappa shape index (κ3) is 3.00. The molecule has 0 radical (unpaired) electrons. The predicted molar refractivity (Wildman–Crippen MR) is 77.3 cm³/mol. The first-order valence-electron chi connectivity index (χ1n) is 6.81. The fourth-order valence-corrected chi connectivity index (χ4v) is 2.74. The fraction of sp³-hybridized carbons (Fsp3) is 0.533. The van der Waals surface area contributed by atoms with Crippen LogP contribution in [0.25, 0.3) is 0 Å². The van der Waals surface area contributed by atoms with Crippen LogP contribution >= 0.6 is 0 Å². The molecule has 0 heterocycles. The summed E-state index contributed by atoms with van der Waals surface area (Å²) in [5.41, 5.74) is 7.87. The molecular formula is C15H22N2O2. The summed E-state index contributed by atoms with van der Waals surface area (Å²) >= 11 is 0. The minimum atomic E-state index is -0.394. The van der Waals surface area contributed by atoms with E-state index in [1.54, 1.807) is 6.07 Å². The average molecular weight is 262 g/mol. The van der Waals surface area contributed by atoms with E-state index < -0.39 is 5.97 Å². The smallest absolute Gasteiger partial charge is 0.340 e. The van der Waals surface area contributed by atoms with Crippen molar-refractivity contribution in [1.29, 1.82) is 0 Å². The Balaban J connectivity index is 2.23. The molecule has 1 aliphatic carbocycles. The first kappa shape index (κ1) is 13.7. The monoisotopic (exact) mass is 262 g/mol. The number of nitrogen functional groups attached to an aromatic ring is 1. The third-order valence-electron chi connectivity index (χ3n) is 3.90. The van der Waals surface area contributed by atoms with E-state index in [4.69, 9.17) is 10.5 Å². The lowest BCUT2D eigenvalue weighted by Crippen LogP contribution is -2.37. The number of anilines is 2. The van der Waals surface area contributed by atoms with Gasteiger partial charge in [0.25, 0.3) is 0 Å². The van der Waals surface area contributed by atoms with Crippen LogP contribution < -0.4 is 11.1 Å². The van der Waals surface area contributed by atoms with Crippen molar-refractivity contribution in [2.24, 2.45) is 0 Å². The maximum Gasteiger partial charge on any atom is 0.340 e. The molecule has 1 aliphatic rings. The van der Waals surface area contributed by atoms with Crippen molar-refractivity contribution in [2.75, 3.05) is 18.2 Å². The van der Waals surface area contributed by atoms with Gasteiger partial charge in [0.15, 0.2) is 0 Å². The lowest BCUT2D eigenvalue weighted by Gasteiger charge is -2.36. The first-order chi connectivity index (χ1) is 9.06. The minimum absolute atomic E-state index is 0.0705. The maximum atomic E-state index is 11.6. The second-order valence-corrected chi connectivity index (χ2v) is 5.50. The second-order valence-electron chi connectivity index (χ2n) is 5.50. The molecule has 1 saturated carbocycles. The highest BCUT2D eigenvalue weighted by molar-refractivity contribution is 5.98. The summed E-state index contributed by atoms with van der Waals surface area (Å²) in [7, 11) is 1.37. The van der Waals surface area contributed by atoms with Crippen LogP contribution in [-0.4, -0.2) is 18.6 Å². The maximum absolute atomic E-state index is 11.6. The molecule has 0 amide bonds. The third-order valence-corrected chi connectivity index (χ3v) is 3.90. The largest absolute Gasteiger partial charge is 0.465 e. The van der Waals surface area contributed by atoms with E-state index in [2.05, 4.69) is 12.2 Å². The van der Waals surface area contributed by atoms with Crippen LogP contribution in [0.15, 0.2) is 18.2 Å². The molecule has 0 aromatic heterocycles. The molecular weight excluding hydrogens is 240 g/mol. The number of carbonyl (C=O) groups is 1. The second kappa shape index (κ2) is 5.51. The number of ether oxygens (including phenoxy) is 1. The molecule has 2 rings (SSSR count). The summed E-state index contributed by atoms with van der Waals surface area (Å²) in [5.74, 6) is -0.394. The molecule has 1 aromatic rings.